The summed E-state index contributed by atoms with van der Waals surface area (Å²) in [6, 6.07) is 3.54. The van der Waals surface area contributed by atoms with Gasteiger partial charge in [0.05, 0.1) is 9.13 Å². The van der Waals surface area contributed by atoms with Crippen molar-refractivity contribution >= 4 is 22.6 Å². The van der Waals surface area contributed by atoms with E-state index in [-0.39, 0.29) is 3.57 Å². The molecule has 0 aromatic heterocycles. The minimum Gasteiger partial charge on any atom is -0.456 e. The van der Waals surface area contributed by atoms with E-state index in [0.717, 1.165) is 24.3 Å². The van der Waals surface area contributed by atoms with Gasteiger partial charge in [0.1, 0.15) is 29.0 Å². The van der Waals surface area contributed by atoms with Crippen molar-refractivity contribution in [2.24, 2.45) is 0 Å². The molecule has 2 aromatic rings. The lowest BCUT2D eigenvalue weighted by Crippen LogP contribution is -2.09. The van der Waals surface area contributed by atoms with Crippen molar-refractivity contribution < 1.29 is 26.7 Å². The van der Waals surface area contributed by atoms with Crippen LogP contribution in [0.4, 0.5) is 22.0 Å². The van der Waals surface area contributed by atoms with E-state index < -0.39 is 40.9 Å². The van der Waals surface area contributed by atoms with Crippen LogP contribution >= 0.6 is 22.6 Å². The number of ether oxygens (including phenoxy) is 1. The quantitative estimate of drug-likeness (QED) is 0.321. The molecule has 1 unspecified atom stereocenters. The highest BCUT2D eigenvalue weighted by Crippen LogP contribution is 2.30. The van der Waals surface area contributed by atoms with Gasteiger partial charge in [-0.2, -0.15) is 4.39 Å². The highest BCUT2D eigenvalue weighted by Gasteiger charge is 2.23. The zero-order chi connectivity index (χ0) is 17.1. The van der Waals surface area contributed by atoms with Gasteiger partial charge in [-0.15, -0.1) is 0 Å². The third-order valence-electron chi connectivity index (χ3n) is 3.10. The van der Waals surface area contributed by atoms with E-state index in [2.05, 4.69) is 4.74 Å². The fourth-order valence-corrected chi connectivity index (χ4v) is 2.38. The SMILES string of the molecule is CCCc1cc(F)c(C(F)Oc2cc(F)c(I)c(F)c2)c(F)c1. The summed E-state index contributed by atoms with van der Waals surface area (Å²) in [7, 11) is 0. The second-order valence-corrected chi connectivity index (χ2v) is 5.94. The summed E-state index contributed by atoms with van der Waals surface area (Å²) in [6.07, 6.45) is -1.40. The summed E-state index contributed by atoms with van der Waals surface area (Å²) >= 11 is 1.43. The Bertz CT molecular complexity index is 674. The summed E-state index contributed by atoms with van der Waals surface area (Å²) < 4.78 is 73.0. The molecule has 0 amide bonds. The highest BCUT2D eigenvalue weighted by atomic mass is 127. The first kappa shape index (κ1) is 18.0. The van der Waals surface area contributed by atoms with Gasteiger partial charge in [0.2, 0.25) is 0 Å². The van der Waals surface area contributed by atoms with Crippen molar-refractivity contribution in [3.05, 3.63) is 62.2 Å². The molecule has 0 aliphatic carbocycles. The van der Waals surface area contributed by atoms with Gasteiger partial charge in [-0.1, -0.05) is 13.3 Å². The van der Waals surface area contributed by atoms with Gasteiger partial charge in [0.15, 0.2) is 0 Å². The molecule has 0 radical (unpaired) electrons. The molecular formula is C16H12F5IO. The van der Waals surface area contributed by atoms with E-state index in [1.807, 2.05) is 6.92 Å². The van der Waals surface area contributed by atoms with Crippen molar-refractivity contribution in [1.82, 2.24) is 0 Å². The van der Waals surface area contributed by atoms with Crippen molar-refractivity contribution in [2.75, 3.05) is 0 Å². The maximum atomic E-state index is 14.1. The fraction of sp³-hybridized carbons (Fsp3) is 0.250. The first-order valence-corrected chi connectivity index (χ1v) is 7.84. The number of aryl methyl sites for hydroxylation is 1. The normalized spacial score (nSPS) is 12.3. The van der Waals surface area contributed by atoms with Crippen LogP contribution in [0.25, 0.3) is 0 Å². The molecule has 0 N–H and O–H groups in total. The molecule has 0 fully saturated rings. The molecule has 7 heteroatoms. The summed E-state index contributed by atoms with van der Waals surface area (Å²) in [5.74, 6) is -4.61. The van der Waals surface area contributed by atoms with Crippen LogP contribution in [0, 0.1) is 26.8 Å². The van der Waals surface area contributed by atoms with Crippen LogP contribution in [0.15, 0.2) is 24.3 Å². The summed E-state index contributed by atoms with van der Waals surface area (Å²) in [4.78, 5) is 0. The minimum atomic E-state index is -2.52. The third-order valence-corrected chi connectivity index (χ3v) is 4.13. The standard InChI is InChI=1S/C16H12F5IO/c1-2-3-8-4-10(17)14(11(18)5-8)16(21)23-9-6-12(19)15(22)13(20)7-9/h4-7,16H,2-3H2,1H3. The molecule has 0 aliphatic rings. The third kappa shape index (κ3) is 4.13. The predicted molar refractivity (Wildman–Crippen MR) is 83.9 cm³/mol. The molecule has 2 rings (SSSR count). The van der Waals surface area contributed by atoms with Gasteiger partial charge >= 0.3 is 0 Å². The van der Waals surface area contributed by atoms with Crippen LogP contribution < -0.4 is 4.74 Å². The second kappa shape index (κ2) is 7.46. The molecule has 0 bridgehead atoms. The minimum absolute atomic E-state index is 0.286. The van der Waals surface area contributed by atoms with Gasteiger partial charge in [0.25, 0.3) is 6.36 Å². The van der Waals surface area contributed by atoms with Crippen LogP contribution in [-0.2, 0) is 6.42 Å². The molecule has 1 nitrogen and oxygen atoms in total. The van der Waals surface area contributed by atoms with Gasteiger partial charge in [-0.25, -0.2) is 17.6 Å². The van der Waals surface area contributed by atoms with Crippen LogP contribution in [-0.4, -0.2) is 0 Å². The zero-order valence-electron chi connectivity index (χ0n) is 12.0. The Kier molecular flexibility index (Phi) is 5.83. The molecular weight excluding hydrogens is 430 g/mol. The van der Waals surface area contributed by atoms with Crippen LogP contribution in [0.2, 0.25) is 0 Å². The predicted octanol–water partition coefficient (Wildman–Crippen LogP) is 5.85. The lowest BCUT2D eigenvalue weighted by atomic mass is 10.1. The van der Waals surface area contributed by atoms with E-state index >= 15 is 0 Å². The van der Waals surface area contributed by atoms with Crippen LogP contribution in [0.5, 0.6) is 5.75 Å². The molecule has 0 heterocycles. The van der Waals surface area contributed by atoms with E-state index in [9.17, 15) is 22.0 Å². The van der Waals surface area contributed by atoms with Gasteiger partial charge < -0.3 is 4.74 Å². The summed E-state index contributed by atoms with van der Waals surface area (Å²) in [6.45, 7) is 1.84. The second-order valence-electron chi connectivity index (χ2n) is 4.86. The maximum Gasteiger partial charge on any atom is 0.269 e. The van der Waals surface area contributed by atoms with E-state index in [4.69, 9.17) is 0 Å². The Morgan fingerprint density at radius 3 is 1.96 bits per heavy atom. The largest absolute Gasteiger partial charge is 0.456 e. The van der Waals surface area contributed by atoms with E-state index in [1.54, 1.807) is 0 Å². The van der Waals surface area contributed by atoms with E-state index in [1.165, 1.54) is 22.6 Å². The summed E-state index contributed by atoms with van der Waals surface area (Å²) in [5, 5.41) is 0. The number of halogens is 6. The number of benzene rings is 2. The molecule has 0 saturated heterocycles. The van der Waals surface area contributed by atoms with E-state index in [0.29, 0.717) is 18.4 Å². The molecule has 23 heavy (non-hydrogen) atoms. The van der Waals surface area contributed by atoms with Gasteiger partial charge in [-0.05, 0) is 46.7 Å². The molecule has 2 aromatic carbocycles. The first-order chi connectivity index (χ1) is 10.8. The number of rotatable bonds is 5. The van der Waals surface area contributed by atoms with Crippen molar-refractivity contribution in [3.63, 3.8) is 0 Å². The average molecular weight is 442 g/mol. The van der Waals surface area contributed by atoms with Gasteiger partial charge in [0, 0.05) is 12.1 Å². The Balaban J connectivity index is 2.29. The average Bonchev–Trinajstić information content (AvgIpc) is 2.44. The number of hydrogen-bond acceptors (Lipinski definition) is 1. The monoisotopic (exact) mass is 442 g/mol. The number of hydrogen-bond donors (Lipinski definition) is 0. The maximum absolute atomic E-state index is 14.1. The molecule has 1 atom stereocenters. The topological polar surface area (TPSA) is 9.23 Å². The smallest absolute Gasteiger partial charge is 0.269 e. The molecule has 0 spiro atoms. The van der Waals surface area contributed by atoms with Crippen molar-refractivity contribution in [2.45, 2.75) is 26.1 Å². The molecule has 0 saturated carbocycles. The van der Waals surface area contributed by atoms with Crippen LogP contribution in [0.1, 0.15) is 30.8 Å². The Morgan fingerprint density at radius 1 is 0.957 bits per heavy atom. The Labute approximate surface area is 143 Å². The number of alkyl halides is 1. The lowest BCUT2D eigenvalue weighted by Gasteiger charge is -2.15. The highest BCUT2D eigenvalue weighted by molar-refractivity contribution is 14.1. The summed E-state index contributed by atoms with van der Waals surface area (Å²) in [5.41, 5.74) is -0.533. The molecule has 0 aliphatic heterocycles. The Morgan fingerprint density at radius 2 is 1.48 bits per heavy atom. The van der Waals surface area contributed by atoms with Gasteiger partial charge in [-0.3, -0.25) is 0 Å². The Hall–Kier alpha value is -1.38. The van der Waals surface area contributed by atoms with Crippen molar-refractivity contribution in [1.29, 1.82) is 0 Å². The first-order valence-electron chi connectivity index (χ1n) is 6.76. The fourth-order valence-electron chi connectivity index (χ4n) is 2.07. The molecule has 124 valence electrons. The van der Waals surface area contributed by atoms with Crippen molar-refractivity contribution in [3.8, 4) is 5.75 Å². The lowest BCUT2D eigenvalue weighted by molar-refractivity contribution is 0.0593. The zero-order valence-corrected chi connectivity index (χ0v) is 14.1. The van der Waals surface area contributed by atoms with Crippen LogP contribution in [0.3, 0.4) is 0 Å².